The molecule has 1 aromatic heterocycles. The zero-order valence-electron chi connectivity index (χ0n) is 12.7. The number of benzene rings is 1. The van der Waals surface area contributed by atoms with Crippen molar-refractivity contribution in [2.45, 2.75) is 39.7 Å². The maximum absolute atomic E-state index is 4.73. The second kappa shape index (κ2) is 6.90. The molecule has 0 saturated heterocycles. The van der Waals surface area contributed by atoms with Crippen molar-refractivity contribution in [2.75, 3.05) is 11.4 Å². The van der Waals surface area contributed by atoms with Gasteiger partial charge < -0.3 is 4.90 Å². The van der Waals surface area contributed by atoms with Gasteiger partial charge in [-0.2, -0.15) is 0 Å². The van der Waals surface area contributed by atoms with E-state index in [2.05, 4.69) is 54.1 Å². The SMILES string of the molecule is CCCc1nc(C)cc(N2CCc3ccccc3C2)n1.Cl. The van der Waals surface area contributed by atoms with E-state index in [9.17, 15) is 0 Å². The second-order valence-electron chi connectivity index (χ2n) is 5.47. The van der Waals surface area contributed by atoms with Crippen LogP contribution in [0.2, 0.25) is 0 Å². The molecule has 0 spiro atoms. The van der Waals surface area contributed by atoms with E-state index in [1.807, 2.05) is 0 Å². The van der Waals surface area contributed by atoms with E-state index in [0.717, 1.165) is 49.7 Å². The van der Waals surface area contributed by atoms with Gasteiger partial charge in [-0.15, -0.1) is 12.4 Å². The predicted molar refractivity (Wildman–Crippen MR) is 89.2 cm³/mol. The van der Waals surface area contributed by atoms with Crippen molar-refractivity contribution in [3.05, 3.63) is 53.0 Å². The van der Waals surface area contributed by atoms with Crippen molar-refractivity contribution >= 4 is 18.2 Å². The summed E-state index contributed by atoms with van der Waals surface area (Å²) in [6.45, 7) is 6.22. The number of nitrogens with zero attached hydrogens (tertiary/aromatic N) is 3. The normalized spacial score (nSPS) is 13.5. The van der Waals surface area contributed by atoms with Crippen LogP contribution in [-0.2, 0) is 19.4 Å². The Bertz CT molecular complexity index is 613. The van der Waals surface area contributed by atoms with Crippen LogP contribution in [0.5, 0.6) is 0 Å². The third kappa shape index (κ3) is 3.53. The van der Waals surface area contributed by atoms with Crippen molar-refractivity contribution < 1.29 is 0 Å². The Labute approximate surface area is 132 Å². The van der Waals surface area contributed by atoms with Crippen LogP contribution in [0, 0.1) is 6.92 Å². The predicted octanol–water partition coefficient (Wildman–Crippen LogP) is 3.72. The highest BCUT2D eigenvalue weighted by atomic mass is 35.5. The van der Waals surface area contributed by atoms with Crippen molar-refractivity contribution in [1.29, 1.82) is 0 Å². The highest BCUT2D eigenvalue weighted by Crippen LogP contribution is 2.23. The molecule has 3 rings (SSSR count). The number of aryl methyl sites for hydroxylation is 2. The van der Waals surface area contributed by atoms with Gasteiger partial charge >= 0.3 is 0 Å². The van der Waals surface area contributed by atoms with Crippen LogP contribution in [0.1, 0.15) is 36.0 Å². The van der Waals surface area contributed by atoms with E-state index >= 15 is 0 Å². The van der Waals surface area contributed by atoms with E-state index in [0.29, 0.717) is 0 Å². The molecule has 1 aliphatic heterocycles. The van der Waals surface area contributed by atoms with Gasteiger partial charge in [0.05, 0.1) is 0 Å². The molecule has 0 saturated carbocycles. The lowest BCUT2D eigenvalue weighted by Gasteiger charge is -2.30. The molecular formula is C17H22ClN3. The standard InChI is InChI=1S/C17H21N3.ClH/c1-3-6-16-18-13(2)11-17(19-16)20-10-9-14-7-4-5-8-15(14)12-20;/h4-5,7-8,11H,3,6,9-10,12H2,1-2H3;1H. The number of rotatable bonds is 3. The van der Waals surface area contributed by atoms with Gasteiger partial charge in [0.1, 0.15) is 11.6 Å². The summed E-state index contributed by atoms with van der Waals surface area (Å²) < 4.78 is 0. The Kier molecular flexibility index (Phi) is 5.18. The molecule has 1 aromatic carbocycles. The van der Waals surface area contributed by atoms with Crippen molar-refractivity contribution in [3.8, 4) is 0 Å². The van der Waals surface area contributed by atoms with Crippen LogP contribution in [0.25, 0.3) is 0 Å². The molecule has 0 aliphatic carbocycles. The highest BCUT2D eigenvalue weighted by molar-refractivity contribution is 5.85. The monoisotopic (exact) mass is 303 g/mol. The molecule has 2 heterocycles. The fourth-order valence-corrected chi connectivity index (χ4v) is 2.80. The van der Waals surface area contributed by atoms with Gasteiger partial charge in [0.25, 0.3) is 0 Å². The highest BCUT2D eigenvalue weighted by Gasteiger charge is 2.17. The van der Waals surface area contributed by atoms with Gasteiger partial charge in [-0.05, 0) is 30.9 Å². The maximum atomic E-state index is 4.73. The fourth-order valence-electron chi connectivity index (χ4n) is 2.80. The van der Waals surface area contributed by atoms with Gasteiger partial charge in [-0.1, -0.05) is 31.2 Å². The summed E-state index contributed by atoms with van der Waals surface area (Å²) in [6, 6.07) is 10.8. The molecule has 3 nitrogen and oxygen atoms in total. The zero-order chi connectivity index (χ0) is 13.9. The number of aromatic nitrogens is 2. The first-order valence-corrected chi connectivity index (χ1v) is 7.42. The number of hydrogen-bond donors (Lipinski definition) is 0. The zero-order valence-corrected chi connectivity index (χ0v) is 13.5. The van der Waals surface area contributed by atoms with Crippen molar-refractivity contribution in [3.63, 3.8) is 0 Å². The van der Waals surface area contributed by atoms with Crippen LogP contribution in [0.15, 0.2) is 30.3 Å². The Balaban J connectivity index is 0.00000161. The Morgan fingerprint density at radius 1 is 1.14 bits per heavy atom. The lowest BCUT2D eigenvalue weighted by atomic mass is 10.00. The van der Waals surface area contributed by atoms with Gasteiger partial charge in [0, 0.05) is 31.3 Å². The molecule has 0 unspecified atom stereocenters. The summed E-state index contributed by atoms with van der Waals surface area (Å²) in [5.74, 6) is 2.05. The molecule has 0 bridgehead atoms. The summed E-state index contributed by atoms with van der Waals surface area (Å²) in [5.41, 5.74) is 3.97. The third-order valence-electron chi connectivity index (χ3n) is 3.82. The summed E-state index contributed by atoms with van der Waals surface area (Å²) in [5, 5.41) is 0. The third-order valence-corrected chi connectivity index (χ3v) is 3.82. The second-order valence-corrected chi connectivity index (χ2v) is 5.47. The molecule has 0 amide bonds. The molecule has 0 radical (unpaired) electrons. The number of hydrogen-bond acceptors (Lipinski definition) is 3. The van der Waals surface area contributed by atoms with Gasteiger partial charge in [0.15, 0.2) is 0 Å². The summed E-state index contributed by atoms with van der Waals surface area (Å²) in [6.07, 6.45) is 3.15. The van der Waals surface area contributed by atoms with Crippen molar-refractivity contribution in [1.82, 2.24) is 9.97 Å². The first-order valence-electron chi connectivity index (χ1n) is 7.42. The number of anilines is 1. The van der Waals surface area contributed by atoms with Gasteiger partial charge in [-0.3, -0.25) is 0 Å². The molecule has 0 fully saturated rings. The Morgan fingerprint density at radius 2 is 1.90 bits per heavy atom. The lowest BCUT2D eigenvalue weighted by Crippen LogP contribution is -2.31. The van der Waals surface area contributed by atoms with E-state index in [1.54, 1.807) is 0 Å². The minimum Gasteiger partial charge on any atom is -0.352 e. The molecule has 4 heteroatoms. The molecule has 112 valence electrons. The lowest BCUT2D eigenvalue weighted by molar-refractivity contribution is 0.709. The van der Waals surface area contributed by atoms with Crippen LogP contribution in [0.3, 0.4) is 0 Å². The molecular weight excluding hydrogens is 282 g/mol. The van der Waals surface area contributed by atoms with E-state index in [1.165, 1.54) is 11.1 Å². The van der Waals surface area contributed by atoms with E-state index in [-0.39, 0.29) is 12.4 Å². The summed E-state index contributed by atoms with van der Waals surface area (Å²) in [4.78, 5) is 11.6. The van der Waals surface area contributed by atoms with Gasteiger partial charge in [-0.25, -0.2) is 9.97 Å². The Hall–Kier alpha value is -1.61. The molecule has 0 N–H and O–H groups in total. The minimum atomic E-state index is 0. The molecule has 0 atom stereocenters. The molecule has 1 aliphatic rings. The smallest absolute Gasteiger partial charge is 0.132 e. The van der Waals surface area contributed by atoms with E-state index in [4.69, 9.17) is 4.98 Å². The maximum Gasteiger partial charge on any atom is 0.132 e. The van der Waals surface area contributed by atoms with Gasteiger partial charge in [0.2, 0.25) is 0 Å². The first kappa shape index (κ1) is 15.8. The average Bonchev–Trinajstić information content (AvgIpc) is 2.46. The molecule has 2 aromatic rings. The number of fused-ring (bicyclic) bond motifs is 1. The molecule has 21 heavy (non-hydrogen) atoms. The van der Waals surface area contributed by atoms with Crippen LogP contribution < -0.4 is 4.90 Å². The topological polar surface area (TPSA) is 29.0 Å². The number of halogens is 1. The summed E-state index contributed by atoms with van der Waals surface area (Å²) in [7, 11) is 0. The first-order chi connectivity index (χ1) is 9.76. The van der Waals surface area contributed by atoms with Crippen LogP contribution in [-0.4, -0.2) is 16.5 Å². The van der Waals surface area contributed by atoms with Crippen LogP contribution >= 0.6 is 12.4 Å². The summed E-state index contributed by atoms with van der Waals surface area (Å²) >= 11 is 0. The van der Waals surface area contributed by atoms with Crippen molar-refractivity contribution in [2.24, 2.45) is 0 Å². The van der Waals surface area contributed by atoms with E-state index < -0.39 is 0 Å². The fraction of sp³-hybridized carbons (Fsp3) is 0.412. The average molecular weight is 304 g/mol. The quantitative estimate of drug-likeness (QED) is 0.865. The largest absolute Gasteiger partial charge is 0.352 e. The Morgan fingerprint density at radius 3 is 2.67 bits per heavy atom. The minimum absolute atomic E-state index is 0. The van der Waals surface area contributed by atoms with Crippen LogP contribution in [0.4, 0.5) is 5.82 Å².